The lowest BCUT2D eigenvalue weighted by atomic mass is 10.0. The number of rotatable bonds is 3. The summed E-state index contributed by atoms with van der Waals surface area (Å²) in [5.74, 6) is 0.879. The van der Waals surface area contributed by atoms with E-state index in [2.05, 4.69) is 10.6 Å². The normalized spacial score (nSPS) is 43.3. The lowest BCUT2D eigenvalue weighted by Crippen LogP contribution is -2.44. The fourth-order valence-electron chi connectivity index (χ4n) is 2.78. The second-order valence-electron chi connectivity index (χ2n) is 4.92. The Labute approximate surface area is 85.6 Å². The maximum absolute atomic E-state index is 5.82. The van der Waals surface area contributed by atoms with Crippen LogP contribution in [0.2, 0.25) is 0 Å². The van der Waals surface area contributed by atoms with Crippen LogP contribution in [0.3, 0.4) is 0 Å². The van der Waals surface area contributed by atoms with Gasteiger partial charge in [-0.2, -0.15) is 0 Å². The maximum Gasteiger partial charge on any atom is 0.0757 e. The molecule has 3 rings (SSSR count). The molecule has 2 aliphatic heterocycles. The van der Waals surface area contributed by atoms with E-state index in [9.17, 15) is 0 Å². The molecular formula is C11H20N2O. The molecule has 0 aromatic heterocycles. The second-order valence-corrected chi connectivity index (χ2v) is 4.92. The summed E-state index contributed by atoms with van der Waals surface area (Å²) in [6.07, 6.45) is 5.83. The Hall–Kier alpha value is -0.120. The molecule has 3 atom stereocenters. The predicted octanol–water partition coefficient (Wildman–Crippen LogP) is 0.505. The Morgan fingerprint density at radius 2 is 2.07 bits per heavy atom. The highest BCUT2D eigenvalue weighted by Crippen LogP contribution is 2.38. The minimum Gasteiger partial charge on any atom is -0.376 e. The molecule has 0 aromatic carbocycles. The minimum absolute atomic E-state index is 0.538. The van der Waals surface area contributed by atoms with Crippen molar-refractivity contribution in [3.8, 4) is 0 Å². The van der Waals surface area contributed by atoms with Crippen LogP contribution in [-0.4, -0.2) is 37.9 Å². The van der Waals surface area contributed by atoms with E-state index in [0.29, 0.717) is 18.2 Å². The van der Waals surface area contributed by atoms with Crippen LogP contribution >= 0.6 is 0 Å². The van der Waals surface area contributed by atoms with Crippen LogP contribution < -0.4 is 10.6 Å². The van der Waals surface area contributed by atoms with Crippen LogP contribution in [-0.2, 0) is 4.74 Å². The third-order valence-corrected chi connectivity index (χ3v) is 3.73. The van der Waals surface area contributed by atoms with Gasteiger partial charge in [-0.25, -0.2) is 0 Å². The quantitative estimate of drug-likeness (QED) is 0.690. The van der Waals surface area contributed by atoms with Gasteiger partial charge in [0.1, 0.15) is 0 Å². The van der Waals surface area contributed by atoms with E-state index >= 15 is 0 Å². The first-order valence-electron chi connectivity index (χ1n) is 6.02. The summed E-state index contributed by atoms with van der Waals surface area (Å²) in [5.41, 5.74) is 0. The van der Waals surface area contributed by atoms with Crippen LogP contribution in [0.5, 0.6) is 0 Å². The first-order valence-corrected chi connectivity index (χ1v) is 6.02. The van der Waals surface area contributed by atoms with Gasteiger partial charge in [0.2, 0.25) is 0 Å². The highest BCUT2D eigenvalue weighted by molar-refractivity contribution is 4.95. The zero-order valence-electron chi connectivity index (χ0n) is 8.67. The summed E-state index contributed by atoms with van der Waals surface area (Å²) in [4.78, 5) is 0. The molecule has 3 heteroatoms. The molecule has 0 bridgehead atoms. The molecule has 0 spiro atoms. The molecule has 1 aliphatic carbocycles. The predicted molar refractivity (Wildman–Crippen MR) is 55.3 cm³/mol. The first kappa shape index (κ1) is 9.13. The van der Waals surface area contributed by atoms with Crippen molar-refractivity contribution < 1.29 is 4.74 Å². The Morgan fingerprint density at radius 1 is 1.14 bits per heavy atom. The lowest BCUT2D eigenvalue weighted by Gasteiger charge is -2.23. The van der Waals surface area contributed by atoms with Crippen molar-refractivity contribution in [3.63, 3.8) is 0 Å². The van der Waals surface area contributed by atoms with E-state index in [4.69, 9.17) is 4.74 Å². The van der Waals surface area contributed by atoms with Crippen molar-refractivity contribution >= 4 is 0 Å². The van der Waals surface area contributed by atoms with Gasteiger partial charge in [-0.1, -0.05) is 0 Å². The number of hydrogen-bond donors (Lipinski definition) is 2. The molecule has 3 unspecified atom stereocenters. The molecule has 3 nitrogen and oxygen atoms in total. The van der Waals surface area contributed by atoms with Crippen molar-refractivity contribution in [2.24, 2.45) is 5.92 Å². The van der Waals surface area contributed by atoms with Crippen LogP contribution in [0.15, 0.2) is 0 Å². The largest absolute Gasteiger partial charge is 0.376 e. The molecule has 2 heterocycles. The molecule has 14 heavy (non-hydrogen) atoms. The van der Waals surface area contributed by atoms with Gasteiger partial charge in [0.15, 0.2) is 0 Å². The fourth-order valence-corrected chi connectivity index (χ4v) is 2.78. The van der Waals surface area contributed by atoms with Gasteiger partial charge >= 0.3 is 0 Å². The third-order valence-electron chi connectivity index (χ3n) is 3.73. The van der Waals surface area contributed by atoms with E-state index in [-0.39, 0.29) is 0 Å². The molecule has 2 N–H and O–H groups in total. The summed E-state index contributed by atoms with van der Waals surface area (Å²) >= 11 is 0. The Balaban J connectivity index is 1.54. The molecule has 2 saturated heterocycles. The highest BCUT2D eigenvalue weighted by Gasteiger charge is 2.41. The maximum atomic E-state index is 5.82. The molecule has 0 radical (unpaired) electrons. The highest BCUT2D eigenvalue weighted by atomic mass is 16.5. The molecule has 80 valence electrons. The molecular weight excluding hydrogens is 176 g/mol. The van der Waals surface area contributed by atoms with Crippen molar-refractivity contribution in [1.29, 1.82) is 0 Å². The third kappa shape index (κ3) is 1.81. The first-order chi connectivity index (χ1) is 6.93. The van der Waals surface area contributed by atoms with Gasteiger partial charge in [0.05, 0.1) is 6.10 Å². The molecule has 1 saturated carbocycles. The van der Waals surface area contributed by atoms with Gasteiger partial charge in [-0.05, 0) is 38.1 Å². The molecule has 3 aliphatic rings. The van der Waals surface area contributed by atoms with Crippen molar-refractivity contribution in [1.82, 2.24) is 10.6 Å². The van der Waals surface area contributed by atoms with E-state index in [1.165, 1.54) is 32.2 Å². The van der Waals surface area contributed by atoms with Gasteiger partial charge in [0.25, 0.3) is 0 Å². The van der Waals surface area contributed by atoms with Gasteiger partial charge in [-0.3, -0.25) is 0 Å². The van der Waals surface area contributed by atoms with Gasteiger partial charge in [0, 0.05) is 25.2 Å². The van der Waals surface area contributed by atoms with E-state index in [1.807, 2.05) is 0 Å². The Morgan fingerprint density at radius 3 is 2.79 bits per heavy atom. The summed E-state index contributed by atoms with van der Waals surface area (Å²) in [6, 6.07) is 1.34. The average molecular weight is 196 g/mol. The van der Waals surface area contributed by atoms with Crippen molar-refractivity contribution in [3.05, 3.63) is 0 Å². The summed E-state index contributed by atoms with van der Waals surface area (Å²) in [6.45, 7) is 3.30. The Kier molecular flexibility index (Phi) is 2.48. The minimum atomic E-state index is 0.538. The van der Waals surface area contributed by atoms with Crippen molar-refractivity contribution in [2.75, 3.05) is 19.7 Å². The van der Waals surface area contributed by atoms with Gasteiger partial charge < -0.3 is 15.4 Å². The van der Waals surface area contributed by atoms with E-state index in [0.717, 1.165) is 19.1 Å². The second kappa shape index (κ2) is 3.80. The average Bonchev–Trinajstić information content (AvgIpc) is 2.74. The topological polar surface area (TPSA) is 33.3 Å². The van der Waals surface area contributed by atoms with Crippen LogP contribution in [0.1, 0.15) is 25.7 Å². The number of ether oxygens (including phenoxy) is 1. The van der Waals surface area contributed by atoms with E-state index in [1.54, 1.807) is 0 Å². The zero-order chi connectivity index (χ0) is 9.38. The van der Waals surface area contributed by atoms with Crippen LogP contribution in [0.25, 0.3) is 0 Å². The number of nitrogens with one attached hydrogen (secondary N) is 2. The van der Waals surface area contributed by atoms with E-state index < -0.39 is 0 Å². The Bertz CT molecular complexity index is 199. The van der Waals surface area contributed by atoms with Crippen LogP contribution in [0, 0.1) is 5.92 Å². The monoisotopic (exact) mass is 196 g/mol. The lowest BCUT2D eigenvalue weighted by molar-refractivity contribution is 0.0793. The van der Waals surface area contributed by atoms with Gasteiger partial charge in [-0.15, -0.1) is 0 Å². The number of hydrogen-bond acceptors (Lipinski definition) is 3. The molecule has 0 aromatic rings. The van der Waals surface area contributed by atoms with Crippen LogP contribution in [0.4, 0.5) is 0 Å². The smallest absolute Gasteiger partial charge is 0.0757 e. The summed E-state index contributed by atoms with van der Waals surface area (Å²) in [7, 11) is 0. The van der Waals surface area contributed by atoms with Crippen molar-refractivity contribution in [2.45, 2.75) is 43.9 Å². The molecule has 0 amide bonds. The molecule has 3 fully saturated rings. The fraction of sp³-hybridized carbons (Fsp3) is 1.00. The summed E-state index contributed by atoms with van der Waals surface area (Å²) < 4.78 is 5.82. The zero-order valence-corrected chi connectivity index (χ0v) is 8.67. The summed E-state index contributed by atoms with van der Waals surface area (Å²) in [5, 5.41) is 7.16. The standard InChI is InChI=1S/C11H20N2O/c1-2-8(1)11-10(4-6-14-11)13-9-3-5-12-7-9/h8-13H,1-7H2. The SMILES string of the molecule is C1CC(NC2CCOC2C2CC2)CN1.